The average molecular weight is 264 g/mol. The standard InChI is InChI=1S/C14H24N4O/c1-5-14(6-2,8-15)9-16-13(19)12-7-10(3)17-18-11(12)4/h7H,5-6,8-9,15H2,1-4H3,(H,16,19). The molecule has 0 aromatic carbocycles. The van der Waals surface area contributed by atoms with Gasteiger partial charge >= 0.3 is 0 Å². The minimum Gasteiger partial charge on any atom is -0.351 e. The Balaban J connectivity index is 2.77. The number of nitrogens with one attached hydrogen (secondary N) is 1. The molecular weight excluding hydrogens is 240 g/mol. The number of nitrogens with zero attached hydrogens (tertiary/aromatic N) is 2. The van der Waals surface area contributed by atoms with Crippen molar-refractivity contribution in [1.82, 2.24) is 15.5 Å². The first-order valence-electron chi connectivity index (χ1n) is 6.77. The van der Waals surface area contributed by atoms with Crippen molar-refractivity contribution in [3.63, 3.8) is 0 Å². The van der Waals surface area contributed by atoms with Gasteiger partial charge in [-0.25, -0.2) is 0 Å². The highest BCUT2D eigenvalue weighted by Crippen LogP contribution is 2.23. The Kier molecular flexibility index (Phi) is 5.42. The lowest BCUT2D eigenvalue weighted by Gasteiger charge is -2.30. The number of hydrogen-bond donors (Lipinski definition) is 2. The topological polar surface area (TPSA) is 80.9 Å². The molecule has 106 valence electrons. The largest absolute Gasteiger partial charge is 0.351 e. The zero-order valence-corrected chi connectivity index (χ0v) is 12.3. The van der Waals surface area contributed by atoms with Crippen molar-refractivity contribution in [3.8, 4) is 0 Å². The van der Waals surface area contributed by atoms with Crippen LogP contribution in [0.25, 0.3) is 0 Å². The summed E-state index contributed by atoms with van der Waals surface area (Å²) in [6.07, 6.45) is 1.90. The van der Waals surface area contributed by atoms with E-state index in [1.54, 1.807) is 13.0 Å². The van der Waals surface area contributed by atoms with Gasteiger partial charge in [0.25, 0.3) is 5.91 Å². The van der Waals surface area contributed by atoms with E-state index in [9.17, 15) is 4.79 Å². The Morgan fingerprint density at radius 2 is 1.95 bits per heavy atom. The number of aryl methyl sites for hydroxylation is 2. The zero-order valence-electron chi connectivity index (χ0n) is 12.3. The van der Waals surface area contributed by atoms with Crippen LogP contribution in [0, 0.1) is 19.3 Å². The Morgan fingerprint density at radius 3 is 2.47 bits per heavy atom. The highest BCUT2D eigenvalue weighted by Gasteiger charge is 2.25. The number of hydrogen-bond acceptors (Lipinski definition) is 4. The Hall–Kier alpha value is -1.49. The van der Waals surface area contributed by atoms with Crippen LogP contribution in [0.15, 0.2) is 6.07 Å². The predicted molar refractivity (Wildman–Crippen MR) is 75.9 cm³/mol. The van der Waals surface area contributed by atoms with Crippen molar-refractivity contribution in [2.45, 2.75) is 40.5 Å². The monoisotopic (exact) mass is 264 g/mol. The van der Waals surface area contributed by atoms with E-state index >= 15 is 0 Å². The van der Waals surface area contributed by atoms with E-state index in [1.165, 1.54) is 0 Å². The lowest BCUT2D eigenvalue weighted by atomic mass is 9.82. The molecule has 0 aliphatic rings. The lowest BCUT2D eigenvalue weighted by molar-refractivity contribution is 0.0926. The number of carbonyl (C=O) groups is 1. The maximum Gasteiger partial charge on any atom is 0.253 e. The first-order valence-corrected chi connectivity index (χ1v) is 6.77. The molecule has 3 N–H and O–H groups in total. The maximum absolute atomic E-state index is 12.2. The highest BCUT2D eigenvalue weighted by atomic mass is 16.1. The average Bonchev–Trinajstić information content (AvgIpc) is 2.43. The lowest BCUT2D eigenvalue weighted by Crippen LogP contribution is -2.42. The van der Waals surface area contributed by atoms with Gasteiger partial charge in [-0.1, -0.05) is 13.8 Å². The van der Waals surface area contributed by atoms with E-state index in [0.717, 1.165) is 18.5 Å². The van der Waals surface area contributed by atoms with Crippen LogP contribution in [0.1, 0.15) is 48.4 Å². The first kappa shape index (κ1) is 15.6. The summed E-state index contributed by atoms with van der Waals surface area (Å²) in [6, 6.07) is 1.76. The molecule has 0 saturated carbocycles. The number of aromatic nitrogens is 2. The van der Waals surface area contributed by atoms with Gasteiger partial charge in [-0.05, 0) is 44.7 Å². The number of amides is 1. The van der Waals surface area contributed by atoms with Crippen molar-refractivity contribution >= 4 is 5.91 Å². The van der Waals surface area contributed by atoms with Crippen LogP contribution in [0.3, 0.4) is 0 Å². The molecule has 1 rings (SSSR count). The van der Waals surface area contributed by atoms with Crippen LogP contribution in [0.4, 0.5) is 0 Å². The molecule has 1 aromatic heterocycles. The molecule has 0 radical (unpaired) electrons. The van der Waals surface area contributed by atoms with Crippen LogP contribution in [0.2, 0.25) is 0 Å². The molecule has 0 spiro atoms. The van der Waals surface area contributed by atoms with Crippen LogP contribution < -0.4 is 11.1 Å². The van der Waals surface area contributed by atoms with Gasteiger partial charge in [0.2, 0.25) is 0 Å². The van der Waals surface area contributed by atoms with Crippen LogP contribution >= 0.6 is 0 Å². The fourth-order valence-electron chi connectivity index (χ4n) is 2.00. The summed E-state index contributed by atoms with van der Waals surface area (Å²) in [5.74, 6) is -0.102. The molecule has 19 heavy (non-hydrogen) atoms. The van der Waals surface area contributed by atoms with Gasteiger partial charge < -0.3 is 11.1 Å². The van der Waals surface area contributed by atoms with Gasteiger partial charge in [0.15, 0.2) is 0 Å². The van der Waals surface area contributed by atoms with Crippen molar-refractivity contribution in [2.24, 2.45) is 11.1 Å². The molecule has 0 fully saturated rings. The summed E-state index contributed by atoms with van der Waals surface area (Å²) in [4.78, 5) is 12.2. The van der Waals surface area contributed by atoms with Crippen LogP contribution in [-0.2, 0) is 0 Å². The van der Waals surface area contributed by atoms with E-state index < -0.39 is 0 Å². The second-order valence-corrected chi connectivity index (χ2v) is 5.08. The smallest absolute Gasteiger partial charge is 0.253 e. The third-order valence-corrected chi connectivity index (χ3v) is 3.90. The van der Waals surface area contributed by atoms with Gasteiger partial charge in [-0.15, -0.1) is 0 Å². The summed E-state index contributed by atoms with van der Waals surface area (Å²) in [7, 11) is 0. The van der Waals surface area contributed by atoms with Gasteiger partial charge in [-0.2, -0.15) is 10.2 Å². The predicted octanol–water partition coefficient (Wildman–Crippen LogP) is 1.59. The third-order valence-electron chi connectivity index (χ3n) is 3.90. The van der Waals surface area contributed by atoms with Gasteiger partial charge in [0.1, 0.15) is 0 Å². The van der Waals surface area contributed by atoms with Gasteiger partial charge in [-0.3, -0.25) is 4.79 Å². The molecule has 5 nitrogen and oxygen atoms in total. The fraction of sp³-hybridized carbons (Fsp3) is 0.643. The summed E-state index contributed by atoms with van der Waals surface area (Å²) in [6.45, 7) is 8.99. The third kappa shape index (κ3) is 3.73. The van der Waals surface area contributed by atoms with Crippen molar-refractivity contribution in [2.75, 3.05) is 13.1 Å². The normalized spacial score (nSPS) is 11.4. The second-order valence-electron chi connectivity index (χ2n) is 5.08. The van der Waals surface area contributed by atoms with Crippen LogP contribution in [-0.4, -0.2) is 29.2 Å². The molecule has 0 unspecified atom stereocenters. The van der Waals surface area contributed by atoms with Gasteiger partial charge in [0, 0.05) is 6.54 Å². The number of rotatable bonds is 6. The Labute approximate surface area is 115 Å². The Bertz CT molecular complexity index is 433. The molecular formula is C14H24N4O. The van der Waals surface area contributed by atoms with E-state index in [4.69, 9.17) is 5.73 Å². The summed E-state index contributed by atoms with van der Waals surface area (Å²) in [5, 5.41) is 10.9. The van der Waals surface area contributed by atoms with Crippen molar-refractivity contribution in [1.29, 1.82) is 0 Å². The number of carbonyl (C=O) groups excluding carboxylic acids is 1. The summed E-state index contributed by atoms with van der Waals surface area (Å²) in [5.41, 5.74) is 7.80. The summed E-state index contributed by atoms with van der Waals surface area (Å²) >= 11 is 0. The van der Waals surface area contributed by atoms with E-state index in [0.29, 0.717) is 24.3 Å². The minimum atomic E-state index is -0.102. The maximum atomic E-state index is 12.2. The molecule has 1 aromatic rings. The number of nitrogens with two attached hydrogens (primary N) is 1. The Morgan fingerprint density at radius 1 is 1.32 bits per heavy atom. The highest BCUT2D eigenvalue weighted by molar-refractivity contribution is 5.95. The first-order chi connectivity index (χ1) is 8.98. The second kappa shape index (κ2) is 6.61. The molecule has 0 aliphatic carbocycles. The van der Waals surface area contributed by atoms with E-state index in [-0.39, 0.29) is 11.3 Å². The van der Waals surface area contributed by atoms with Gasteiger partial charge in [0.05, 0.1) is 17.0 Å². The molecule has 5 heteroatoms. The fourth-order valence-corrected chi connectivity index (χ4v) is 2.00. The van der Waals surface area contributed by atoms with Crippen LogP contribution in [0.5, 0.6) is 0 Å². The minimum absolute atomic E-state index is 0.0148. The molecule has 0 aliphatic heterocycles. The molecule has 0 saturated heterocycles. The summed E-state index contributed by atoms with van der Waals surface area (Å²) < 4.78 is 0. The van der Waals surface area contributed by atoms with Crippen molar-refractivity contribution in [3.05, 3.63) is 23.0 Å². The quantitative estimate of drug-likeness (QED) is 0.817. The zero-order chi connectivity index (χ0) is 14.5. The molecule has 0 bridgehead atoms. The van der Waals surface area contributed by atoms with E-state index in [1.807, 2.05) is 6.92 Å². The SMILES string of the molecule is CCC(CC)(CN)CNC(=O)c1cc(C)nnc1C. The van der Waals surface area contributed by atoms with Crippen molar-refractivity contribution < 1.29 is 4.79 Å². The molecule has 1 heterocycles. The van der Waals surface area contributed by atoms with E-state index in [2.05, 4.69) is 29.4 Å². The molecule has 0 atom stereocenters. The molecule has 1 amide bonds.